The molecule has 0 unspecified atom stereocenters. The summed E-state index contributed by atoms with van der Waals surface area (Å²) in [5, 5.41) is 13.2. The summed E-state index contributed by atoms with van der Waals surface area (Å²) in [6, 6.07) is 15.6. The van der Waals surface area contributed by atoms with Crippen molar-refractivity contribution in [1.29, 1.82) is 5.26 Å². The monoisotopic (exact) mass is 398 g/mol. The lowest BCUT2D eigenvalue weighted by atomic mass is 9.99. The lowest BCUT2D eigenvalue weighted by molar-refractivity contribution is -0.146. The number of anilines is 1. The number of nitrogens with zero attached hydrogens (tertiary/aromatic N) is 1. The molecular weight excluding hydrogens is 380 g/mol. The summed E-state index contributed by atoms with van der Waals surface area (Å²) >= 11 is 5.94. The Labute approximate surface area is 168 Å². The highest BCUT2D eigenvalue weighted by molar-refractivity contribution is 6.30. The van der Waals surface area contributed by atoms with Gasteiger partial charge in [0, 0.05) is 16.6 Å². The molecule has 0 saturated heterocycles. The molecular formula is C21H19ClN2O4. The maximum atomic E-state index is 13.1. The Kier molecular flexibility index (Phi) is 5.57. The highest BCUT2D eigenvalue weighted by atomic mass is 35.5. The van der Waals surface area contributed by atoms with E-state index in [0.717, 1.165) is 0 Å². The van der Waals surface area contributed by atoms with Crippen LogP contribution in [-0.4, -0.2) is 25.6 Å². The fourth-order valence-corrected chi connectivity index (χ4v) is 3.57. The summed E-state index contributed by atoms with van der Waals surface area (Å²) in [6.45, 7) is 1.85. The molecule has 7 heteroatoms. The van der Waals surface area contributed by atoms with Gasteiger partial charge in [-0.1, -0.05) is 23.7 Å². The summed E-state index contributed by atoms with van der Waals surface area (Å²) in [5.41, 5.74) is -0.348. The number of hydrogen-bond donors (Lipinski definition) is 1. The van der Waals surface area contributed by atoms with Crippen LogP contribution in [0.1, 0.15) is 18.4 Å². The molecule has 0 spiro atoms. The molecule has 144 valence electrons. The van der Waals surface area contributed by atoms with Gasteiger partial charge in [-0.3, -0.25) is 9.59 Å². The quantitative estimate of drug-likeness (QED) is 0.748. The van der Waals surface area contributed by atoms with Crippen molar-refractivity contribution in [3.63, 3.8) is 0 Å². The van der Waals surface area contributed by atoms with E-state index in [2.05, 4.69) is 11.4 Å². The summed E-state index contributed by atoms with van der Waals surface area (Å²) in [6.07, 6.45) is 0. The van der Waals surface area contributed by atoms with Crippen LogP contribution in [-0.2, 0) is 14.3 Å². The van der Waals surface area contributed by atoms with E-state index in [1.807, 2.05) is 0 Å². The van der Waals surface area contributed by atoms with E-state index in [1.165, 1.54) is 0 Å². The van der Waals surface area contributed by atoms with Crippen molar-refractivity contribution in [1.82, 2.24) is 0 Å². The number of nitrogens with one attached hydrogen (secondary N) is 1. The van der Waals surface area contributed by atoms with E-state index in [1.54, 1.807) is 62.6 Å². The van der Waals surface area contributed by atoms with Crippen molar-refractivity contribution in [3.05, 3.63) is 59.1 Å². The van der Waals surface area contributed by atoms with Crippen LogP contribution in [0.4, 0.5) is 5.69 Å². The van der Waals surface area contributed by atoms with Crippen LogP contribution >= 0.6 is 11.6 Å². The second-order valence-corrected chi connectivity index (χ2v) is 6.86. The first kappa shape index (κ1) is 19.7. The third kappa shape index (κ3) is 3.41. The van der Waals surface area contributed by atoms with Gasteiger partial charge in [0.1, 0.15) is 5.75 Å². The second kappa shape index (κ2) is 7.91. The van der Waals surface area contributed by atoms with Crippen LogP contribution < -0.4 is 10.1 Å². The number of methoxy groups -OCH3 is 1. The minimum atomic E-state index is -1.54. The summed E-state index contributed by atoms with van der Waals surface area (Å²) in [4.78, 5) is 25.5. The standard InChI is InChI=1S/C21H19ClN2O4/c1-3-28-19(25)18-17(13-4-6-14(22)7-5-13)21(18,12-23)20(26)24-15-8-10-16(27-2)11-9-15/h4-11,17-18H,3H2,1-2H3,(H,24,26)/t17-,18-,21+/m1/s1. The van der Waals surface area contributed by atoms with E-state index in [-0.39, 0.29) is 6.61 Å². The maximum absolute atomic E-state index is 13.1. The van der Waals surface area contributed by atoms with Crippen molar-refractivity contribution >= 4 is 29.2 Å². The molecule has 2 aromatic rings. The fraction of sp³-hybridized carbons (Fsp3) is 0.286. The van der Waals surface area contributed by atoms with Gasteiger partial charge in [-0.2, -0.15) is 5.26 Å². The Morgan fingerprint density at radius 2 is 1.82 bits per heavy atom. The molecule has 3 atom stereocenters. The number of amides is 1. The molecule has 0 radical (unpaired) electrons. The van der Waals surface area contributed by atoms with Crippen molar-refractivity contribution in [2.45, 2.75) is 12.8 Å². The Bertz CT molecular complexity index is 921. The van der Waals surface area contributed by atoms with Gasteiger partial charge < -0.3 is 14.8 Å². The highest BCUT2D eigenvalue weighted by Crippen LogP contribution is 2.65. The number of carbonyl (C=O) groups excluding carboxylic acids is 2. The smallest absolute Gasteiger partial charge is 0.311 e. The van der Waals surface area contributed by atoms with Crippen LogP contribution in [0.3, 0.4) is 0 Å². The number of nitriles is 1. The van der Waals surface area contributed by atoms with Crippen molar-refractivity contribution < 1.29 is 19.1 Å². The van der Waals surface area contributed by atoms with E-state index in [9.17, 15) is 14.9 Å². The summed E-state index contributed by atoms with van der Waals surface area (Å²) in [5.74, 6) is -1.95. The topological polar surface area (TPSA) is 88.4 Å². The summed E-state index contributed by atoms with van der Waals surface area (Å²) < 4.78 is 10.2. The first-order valence-corrected chi connectivity index (χ1v) is 9.14. The van der Waals surface area contributed by atoms with Gasteiger partial charge in [0.05, 0.1) is 25.7 Å². The molecule has 1 amide bonds. The first-order chi connectivity index (χ1) is 13.5. The molecule has 3 rings (SSSR count). The zero-order valence-corrected chi connectivity index (χ0v) is 16.2. The van der Waals surface area contributed by atoms with Crippen LogP contribution in [0.15, 0.2) is 48.5 Å². The molecule has 6 nitrogen and oxygen atoms in total. The van der Waals surface area contributed by atoms with Crippen LogP contribution in [0, 0.1) is 22.7 Å². The molecule has 1 saturated carbocycles. The van der Waals surface area contributed by atoms with Gasteiger partial charge in [-0.25, -0.2) is 0 Å². The SMILES string of the molecule is CCOC(=O)[C@H]1[C@@H](c2ccc(Cl)cc2)[C@]1(C#N)C(=O)Nc1ccc(OC)cc1. The lowest BCUT2D eigenvalue weighted by Crippen LogP contribution is -2.28. The number of esters is 1. The van der Waals surface area contributed by atoms with Gasteiger partial charge in [-0.15, -0.1) is 0 Å². The van der Waals surface area contributed by atoms with Crippen LogP contribution in [0.5, 0.6) is 5.75 Å². The third-order valence-electron chi connectivity index (χ3n) is 4.88. The third-order valence-corrected chi connectivity index (χ3v) is 5.14. The zero-order valence-electron chi connectivity index (χ0n) is 15.4. The van der Waals surface area contributed by atoms with E-state index in [0.29, 0.717) is 22.0 Å². The van der Waals surface area contributed by atoms with E-state index >= 15 is 0 Å². The molecule has 0 aromatic heterocycles. The van der Waals surface area contributed by atoms with Gasteiger partial charge in [0.15, 0.2) is 5.41 Å². The maximum Gasteiger partial charge on any atom is 0.311 e. The van der Waals surface area contributed by atoms with Crippen molar-refractivity contribution in [3.8, 4) is 11.8 Å². The van der Waals surface area contributed by atoms with Crippen molar-refractivity contribution in [2.24, 2.45) is 11.3 Å². The Morgan fingerprint density at radius 1 is 1.18 bits per heavy atom. The average Bonchev–Trinajstić information content (AvgIpc) is 3.40. The van der Waals surface area contributed by atoms with Gasteiger partial charge >= 0.3 is 5.97 Å². The van der Waals surface area contributed by atoms with E-state index < -0.39 is 29.1 Å². The molecule has 1 fully saturated rings. The Morgan fingerprint density at radius 3 is 2.36 bits per heavy atom. The zero-order chi connectivity index (χ0) is 20.3. The van der Waals surface area contributed by atoms with E-state index in [4.69, 9.17) is 21.1 Å². The number of carbonyl (C=O) groups is 2. The van der Waals surface area contributed by atoms with Crippen molar-refractivity contribution in [2.75, 3.05) is 19.0 Å². The van der Waals surface area contributed by atoms with Gasteiger partial charge in [0.2, 0.25) is 5.91 Å². The number of rotatable bonds is 6. The van der Waals surface area contributed by atoms with Crippen LogP contribution in [0.25, 0.3) is 0 Å². The Balaban J connectivity index is 1.92. The predicted molar refractivity (Wildman–Crippen MR) is 104 cm³/mol. The fourth-order valence-electron chi connectivity index (χ4n) is 3.45. The molecule has 0 heterocycles. The molecule has 1 aliphatic carbocycles. The molecule has 28 heavy (non-hydrogen) atoms. The number of hydrogen-bond acceptors (Lipinski definition) is 5. The number of benzene rings is 2. The second-order valence-electron chi connectivity index (χ2n) is 6.42. The minimum absolute atomic E-state index is 0.171. The Hall–Kier alpha value is -3.04. The van der Waals surface area contributed by atoms with Gasteiger partial charge in [0.25, 0.3) is 0 Å². The van der Waals surface area contributed by atoms with Gasteiger partial charge in [-0.05, 0) is 48.9 Å². The predicted octanol–water partition coefficient (Wildman–Crippen LogP) is 3.77. The number of halogens is 1. The molecule has 0 aliphatic heterocycles. The largest absolute Gasteiger partial charge is 0.497 e. The van der Waals surface area contributed by atoms with Crippen LogP contribution in [0.2, 0.25) is 5.02 Å². The molecule has 1 N–H and O–H groups in total. The first-order valence-electron chi connectivity index (χ1n) is 8.76. The summed E-state index contributed by atoms with van der Waals surface area (Å²) in [7, 11) is 1.54. The minimum Gasteiger partial charge on any atom is -0.497 e. The lowest BCUT2D eigenvalue weighted by Gasteiger charge is -2.11. The molecule has 2 aromatic carbocycles. The average molecular weight is 399 g/mol. The normalized spacial score (nSPS) is 22.6. The highest BCUT2D eigenvalue weighted by Gasteiger charge is 2.75. The molecule has 1 aliphatic rings. The number of ether oxygens (including phenoxy) is 2. The molecule has 0 bridgehead atoms.